The molecule has 1 fully saturated rings. The van der Waals surface area contributed by atoms with Crippen molar-refractivity contribution in [2.75, 3.05) is 0 Å². The van der Waals surface area contributed by atoms with Crippen molar-refractivity contribution < 1.29 is 4.79 Å². The van der Waals surface area contributed by atoms with Crippen LogP contribution in [-0.4, -0.2) is 16.9 Å². The van der Waals surface area contributed by atoms with Crippen molar-refractivity contribution in [3.05, 3.63) is 27.9 Å². The van der Waals surface area contributed by atoms with Crippen molar-refractivity contribution in [3.8, 4) is 10.6 Å². The number of thiazole rings is 1. The van der Waals surface area contributed by atoms with E-state index in [0.717, 1.165) is 23.4 Å². The van der Waals surface area contributed by atoms with Crippen molar-refractivity contribution in [2.45, 2.75) is 39.2 Å². The van der Waals surface area contributed by atoms with Crippen molar-refractivity contribution in [1.82, 2.24) is 10.3 Å². The van der Waals surface area contributed by atoms with Gasteiger partial charge in [-0.25, -0.2) is 4.98 Å². The van der Waals surface area contributed by atoms with Crippen LogP contribution in [0.4, 0.5) is 0 Å². The molecule has 1 aliphatic rings. The van der Waals surface area contributed by atoms with Gasteiger partial charge >= 0.3 is 0 Å². The first-order valence-corrected chi connectivity index (χ1v) is 8.65. The smallest absolute Gasteiger partial charge is 0.270 e. The first-order valence-electron chi connectivity index (χ1n) is 6.82. The van der Waals surface area contributed by atoms with Gasteiger partial charge in [0.25, 0.3) is 5.91 Å². The first-order chi connectivity index (χ1) is 9.53. The summed E-state index contributed by atoms with van der Waals surface area (Å²) in [5.74, 6) is -0.0366. The number of hydrogen-bond acceptors (Lipinski definition) is 4. The SMILES string of the molecule is CC1(C)CCC(NC(=O)c2csc(-c3ccsc3)n2)C1. The topological polar surface area (TPSA) is 42.0 Å². The zero-order chi connectivity index (χ0) is 14.2. The maximum atomic E-state index is 12.2. The van der Waals surface area contributed by atoms with Gasteiger partial charge in [-0.3, -0.25) is 4.79 Å². The lowest BCUT2D eigenvalue weighted by Crippen LogP contribution is -2.33. The summed E-state index contributed by atoms with van der Waals surface area (Å²) in [7, 11) is 0. The van der Waals surface area contributed by atoms with Crippen molar-refractivity contribution >= 4 is 28.6 Å². The molecule has 0 bridgehead atoms. The van der Waals surface area contributed by atoms with Crippen molar-refractivity contribution in [1.29, 1.82) is 0 Å². The summed E-state index contributed by atoms with van der Waals surface area (Å²) in [4.78, 5) is 16.7. The van der Waals surface area contributed by atoms with Crippen molar-refractivity contribution in [3.63, 3.8) is 0 Å². The molecule has 3 rings (SSSR count). The lowest BCUT2D eigenvalue weighted by Gasteiger charge is -2.17. The molecule has 1 N–H and O–H groups in total. The number of rotatable bonds is 3. The summed E-state index contributed by atoms with van der Waals surface area (Å²) in [6.07, 6.45) is 3.30. The average Bonchev–Trinajstić information content (AvgIpc) is 3.08. The van der Waals surface area contributed by atoms with E-state index in [-0.39, 0.29) is 5.91 Å². The van der Waals surface area contributed by atoms with Crippen LogP contribution >= 0.6 is 22.7 Å². The van der Waals surface area contributed by atoms with E-state index in [2.05, 4.69) is 29.5 Å². The summed E-state index contributed by atoms with van der Waals surface area (Å²) in [6, 6.07) is 2.33. The second-order valence-corrected chi connectivity index (χ2v) is 7.77. The molecule has 20 heavy (non-hydrogen) atoms. The predicted molar refractivity (Wildman–Crippen MR) is 84.3 cm³/mol. The molecule has 1 saturated carbocycles. The standard InChI is InChI=1S/C15H18N2OS2/c1-15(2)5-3-11(7-15)16-13(18)12-9-20-14(17-12)10-4-6-19-8-10/h4,6,8-9,11H,3,5,7H2,1-2H3,(H,16,18). The van der Waals surface area contributed by atoms with Gasteiger partial charge in [-0.1, -0.05) is 13.8 Å². The Balaban J connectivity index is 1.66. The monoisotopic (exact) mass is 306 g/mol. The Labute approximate surface area is 127 Å². The molecule has 5 heteroatoms. The van der Waals surface area contributed by atoms with E-state index < -0.39 is 0 Å². The Hall–Kier alpha value is -1.20. The molecule has 0 aromatic carbocycles. The number of hydrogen-bond donors (Lipinski definition) is 1. The van der Waals surface area contributed by atoms with Gasteiger partial charge in [0.2, 0.25) is 0 Å². The van der Waals surface area contributed by atoms with Gasteiger partial charge in [0, 0.05) is 22.4 Å². The highest BCUT2D eigenvalue weighted by atomic mass is 32.1. The van der Waals surface area contributed by atoms with Crippen LogP contribution in [0.1, 0.15) is 43.6 Å². The quantitative estimate of drug-likeness (QED) is 0.924. The maximum Gasteiger partial charge on any atom is 0.270 e. The third kappa shape index (κ3) is 2.94. The zero-order valence-corrected chi connectivity index (χ0v) is 13.3. The van der Waals surface area contributed by atoms with E-state index in [1.54, 1.807) is 11.3 Å². The fourth-order valence-electron chi connectivity index (χ4n) is 2.72. The number of thiophene rings is 1. The Morgan fingerprint density at radius 2 is 2.30 bits per heavy atom. The fourth-order valence-corrected chi connectivity index (χ4v) is 4.23. The Morgan fingerprint density at radius 3 is 2.95 bits per heavy atom. The Bertz CT molecular complexity index is 601. The van der Waals surface area contributed by atoms with Gasteiger partial charge in [-0.15, -0.1) is 11.3 Å². The molecule has 2 aromatic heterocycles. The van der Waals surface area contributed by atoms with E-state index in [9.17, 15) is 4.79 Å². The molecule has 1 aliphatic carbocycles. The van der Waals surface area contributed by atoms with Gasteiger partial charge in [-0.2, -0.15) is 11.3 Å². The highest BCUT2D eigenvalue weighted by Gasteiger charge is 2.32. The van der Waals surface area contributed by atoms with Crippen LogP contribution < -0.4 is 5.32 Å². The molecule has 1 amide bonds. The third-order valence-corrected chi connectivity index (χ3v) is 5.38. The van der Waals surface area contributed by atoms with E-state index >= 15 is 0 Å². The van der Waals surface area contributed by atoms with Crippen LogP contribution in [0.25, 0.3) is 10.6 Å². The molecule has 0 spiro atoms. The minimum Gasteiger partial charge on any atom is -0.348 e. The number of nitrogens with zero attached hydrogens (tertiary/aromatic N) is 1. The number of nitrogens with one attached hydrogen (secondary N) is 1. The number of carbonyl (C=O) groups is 1. The van der Waals surface area contributed by atoms with Gasteiger partial charge in [0.05, 0.1) is 0 Å². The van der Waals surface area contributed by atoms with Gasteiger partial charge in [0.1, 0.15) is 10.7 Å². The minimum absolute atomic E-state index is 0.0366. The summed E-state index contributed by atoms with van der Waals surface area (Å²) in [5, 5.41) is 9.97. The lowest BCUT2D eigenvalue weighted by atomic mass is 9.92. The van der Waals surface area contributed by atoms with Crippen LogP contribution in [0.15, 0.2) is 22.2 Å². The number of aromatic nitrogens is 1. The predicted octanol–water partition coefficient (Wildman–Crippen LogP) is 4.18. The second-order valence-electron chi connectivity index (χ2n) is 6.13. The molecule has 1 atom stereocenters. The molecule has 1 unspecified atom stereocenters. The number of amides is 1. The van der Waals surface area contributed by atoms with E-state index in [4.69, 9.17) is 0 Å². The maximum absolute atomic E-state index is 12.2. The second kappa shape index (κ2) is 5.30. The molecule has 0 aliphatic heterocycles. The normalized spacial score (nSPS) is 21.0. The van der Waals surface area contributed by atoms with Crippen LogP contribution in [-0.2, 0) is 0 Å². The molecule has 0 saturated heterocycles. The highest BCUT2D eigenvalue weighted by molar-refractivity contribution is 7.14. The molecule has 2 heterocycles. The van der Waals surface area contributed by atoms with Gasteiger partial charge < -0.3 is 5.32 Å². The molecule has 0 radical (unpaired) electrons. The van der Waals surface area contributed by atoms with Crippen LogP contribution in [0.2, 0.25) is 0 Å². The highest BCUT2D eigenvalue weighted by Crippen LogP contribution is 2.37. The summed E-state index contributed by atoms with van der Waals surface area (Å²) >= 11 is 3.17. The van der Waals surface area contributed by atoms with E-state index in [1.807, 2.05) is 16.8 Å². The molecule has 106 valence electrons. The molecular weight excluding hydrogens is 288 g/mol. The zero-order valence-electron chi connectivity index (χ0n) is 11.7. The van der Waals surface area contributed by atoms with Crippen molar-refractivity contribution in [2.24, 2.45) is 5.41 Å². The van der Waals surface area contributed by atoms with E-state index in [0.29, 0.717) is 17.2 Å². The number of carbonyl (C=O) groups excluding carboxylic acids is 1. The average molecular weight is 306 g/mol. The van der Waals surface area contributed by atoms with Gasteiger partial charge in [-0.05, 0) is 36.1 Å². The third-order valence-electron chi connectivity index (χ3n) is 3.81. The van der Waals surface area contributed by atoms with Gasteiger partial charge in [0.15, 0.2) is 0 Å². The van der Waals surface area contributed by atoms with Crippen LogP contribution in [0.5, 0.6) is 0 Å². The summed E-state index contributed by atoms with van der Waals surface area (Å²) in [5.41, 5.74) is 1.99. The van der Waals surface area contributed by atoms with E-state index in [1.165, 1.54) is 17.8 Å². The largest absolute Gasteiger partial charge is 0.348 e. The first kappa shape index (κ1) is 13.8. The summed E-state index contributed by atoms with van der Waals surface area (Å²) < 4.78 is 0. The molecular formula is C15H18N2OS2. The van der Waals surface area contributed by atoms with Crippen LogP contribution in [0.3, 0.4) is 0 Å². The minimum atomic E-state index is -0.0366. The van der Waals surface area contributed by atoms with Crippen LogP contribution in [0, 0.1) is 5.41 Å². The molecule has 3 nitrogen and oxygen atoms in total. The Kier molecular flexibility index (Phi) is 3.65. The Morgan fingerprint density at radius 1 is 1.45 bits per heavy atom. The summed E-state index contributed by atoms with van der Waals surface area (Å²) in [6.45, 7) is 4.52. The fraction of sp³-hybridized carbons (Fsp3) is 0.467. The molecule has 2 aromatic rings. The lowest BCUT2D eigenvalue weighted by molar-refractivity contribution is 0.0931.